The van der Waals surface area contributed by atoms with Crippen LogP contribution < -0.4 is 5.73 Å². The quantitative estimate of drug-likeness (QED) is 0.872. The van der Waals surface area contributed by atoms with Crippen molar-refractivity contribution in [3.05, 3.63) is 29.1 Å². The van der Waals surface area contributed by atoms with Crippen LogP contribution in [0.4, 0.5) is 0 Å². The molecule has 0 atom stereocenters. The highest BCUT2D eigenvalue weighted by Crippen LogP contribution is 2.34. The fourth-order valence-electron chi connectivity index (χ4n) is 3.39. The number of aryl methyl sites for hydroxylation is 2. The van der Waals surface area contributed by atoms with Gasteiger partial charge in [-0.1, -0.05) is 31.5 Å². The molecule has 1 aliphatic carbocycles. The summed E-state index contributed by atoms with van der Waals surface area (Å²) in [6, 6.07) is 4.41. The van der Waals surface area contributed by atoms with Gasteiger partial charge >= 0.3 is 0 Å². The van der Waals surface area contributed by atoms with Gasteiger partial charge in [0, 0.05) is 5.92 Å². The lowest BCUT2D eigenvalue weighted by Crippen LogP contribution is -2.20. The lowest BCUT2D eigenvalue weighted by molar-refractivity contribution is 0.421. The molecule has 21 heavy (non-hydrogen) atoms. The third-order valence-electron chi connectivity index (χ3n) is 4.68. The van der Waals surface area contributed by atoms with Crippen LogP contribution in [0.15, 0.2) is 12.1 Å². The first-order chi connectivity index (χ1) is 10.1. The fraction of sp³-hybridized carbons (Fsp3) is 0.529. The van der Waals surface area contributed by atoms with E-state index in [-0.39, 0.29) is 0 Å². The maximum absolute atomic E-state index is 5.82. The number of nitrogens with two attached hydrogens (primary N) is 1. The number of benzene rings is 1. The van der Waals surface area contributed by atoms with Crippen molar-refractivity contribution in [2.45, 2.75) is 58.4 Å². The Balaban J connectivity index is 2.14. The summed E-state index contributed by atoms with van der Waals surface area (Å²) in [6.07, 6.45) is 6.43. The molecule has 0 amide bonds. The summed E-state index contributed by atoms with van der Waals surface area (Å²) in [7, 11) is 0. The lowest BCUT2D eigenvalue weighted by Gasteiger charge is -2.22. The van der Waals surface area contributed by atoms with Crippen LogP contribution in [0.3, 0.4) is 0 Å². The van der Waals surface area contributed by atoms with Gasteiger partial charge in [0.15, 0.2) is 0 Å². The van der Waals surface area contributed by atoms with Gasteiger partial charge in [0.25, 0.3) is 0 Å². The van der Waals surface area contributed by atoms with E-state index < -0.39 is 0 Å². The largest absolute Gasteiger partial charge is 0.392 e. The minimum Gasteiger partial charge on any atom is -0.392 e. The van der Waals surface area contributed by atoms with Gasteiger partial charge in [0.05, 0.1) is 22.6 Å². The summed E-state index contributed by atoms with van der Waals surface area (Å²) in [5.41, 5.74) is 10.7. The van der Waals surface area contributed by atoms with Crippen LogP contribution in [0.5, 0.6) is 0 Å². The zero-order valence-corrected chi connectivity index (χ0v) is 13.7. The maximum Gasteiger partial charge on any atom is 0.113 e. The molecule has 0 unspecified atom stereocenters. The van der Waals surface area contributed by atoms with Gasteiger partial charge in [-0.05, 0) is 49.9 Å². The van der Waals surface area contributed by atoms with Gasteiger partial charge in [-0.25, -0.2) is 4.98 Å². The zero-order valence-electron chi connectivity index (χ0n) is 12.9. The Morgan fingerprint density at radius 1 is 1.24 bits per heavy atom. The summed E-state index contributed by atoms with van der Waals surface area (Å²) < 4.78 is 2.25. The minimum atomic E-state index is 0.532. The molecule has 3 rings (SSSR count). The van der Waals surface area contributed by atoms with Crippen LogP contribution in [-0.2, 0) is 6.54 Å². The molecule has 1 heterocycles. The van der Waals surface area contributed by atoms with Crippen molar-refractivity contribution >= 4 is 28.2 Å². The molecular formula is C17H23N3S. The number of thiocarbonyl (C=S) groups is 1. The summed E-state index contributed by atoms with van der Waals surface area (Å²) in [6.45, 7) is 4.88. The second kappa shape index (κ2) is 5.76. The summed E-state index contributed by atoms with van der Waals surface area (Å²) in [5, 5.41) is 0. The smallest absolute Gasteiger partial charge is 0.113 e. The van der Waals surface area contributed by atoms with E-state index in [0.717, 1.165) is 5.52 Å². The SMILES string of the molecule is Cc1cc2nc(C3CCCCC3)n(CC(N)=S)c2cc1C. The molecule has 3 nitrogen and oxygen atoms in total. The van der Waals surface area contributed by atoms with Gasteiger partial charge in [-0.3, -0.25) is 0 Å². The summed E-state index contributed by atoms with van der Waals surface area (Å²) in [5.74, 6) is 1.74. The number of rotatable bonds is 3. The van der Waals surface area contributed by atoms with Crippen molar-refractivity contribution < 1.29 is 0 Å². The van der Waals surface area contributed by atoms with Gasteiger partial charge < -0.3 is 10.3 Å². The van der Waals surface area contributed by atoms with Crippen LogP contribution in [0.1, 0.15) is 55.0 Å². The molecule has 2 N–H and O–H groups in total. The number of hydrogen-bond donors (Lipinski definition) is 1. The topological polar surface area (TPSA) is 43.8 Å². The number of fused-ring (bicyclic) bond motifs is 1. The Labute approximate surface area is 131 Å². The number of imidazole rings is 1. The molecule has 0 aliphatic heterocycles. The Kier molecular flexibility index (Phi) is 3.98. The lowest BCUT2D eigenvalue weighted by atomic mass is 9.88. The first-order valence-electron chi connectivity index (χ1n) is 7.82. The number of hydrogen-bond acceptors (Lipinski definition) is 2. The van der Waals surface area contributed by atoms with E-state index in [1.54, 1.807) is 0 Å². The molecule has 0 spiro atoms. The van der Waals surface area contributed by atoms with E-state index in [2.05, 4.69) is 30.5 Å². The van der Waals surface area contributed by atoms with E-state index >= 15 is 0 Å². The van der Waals surface area contributed by atoms with Crippen LogP contribution in [0, 0.1) is 13.8 Å². The Hall–Kier alpha value is -1.42. The van der Waals surface area contributed by atoms with Crippen LogP contribution >= 0.6 is 12.2 Å². The predicted molar refractivity (Wildman–Crippen MR) is 91.8 cm³/mol. The van der Waals surface area contributed by atoms with Crippen molar-refractivity contribution in [2.75, 3.05) is 0 Å². The monoisotopic (exact) mass is 301 g/mol. The minimum absolute atomic E-state index is 0.532. The average molecular weight is 301 g/mol. The zero-order chi connectivity index (χ0) is 15.0. The molecule has 112 valence electrons. The molecular weight excluding hydrogens is 278 g/mol. The Bertz CT molecular complexity index is 681. The molecule has 1 aliphatic rings. The Morgan fingerprint density at radius 3 is 2.57 bits per heavy atom. The van der Waals surface area contributed by atoms with E-state index in [4.69, 9.17) is 22.9 Å². The second-order valence-corrected chi connectivity index (χ2v) is 6.81. The molecule has 1 aromatic heterocycles. The highest BCUT2D eigenvalue weighted by Gasteiger charge is 2.23. The van der Waals surface area contributed by atoms with E-state index in [1.165, 1.54) is 54.6 Å². The molecule has 1 saturated carbocycles. The summed E-state index contributed by atoms with van der Waals surface area (Å²) in [4.78, 5) is 5.47. The van der Waals surface area contributed by atoms with Crippen LogP contribution in [0.25, 0.3) is 11.0 Å². The number of nitrogens with zero attached hydrogens (tertiary/aromatic N) is 2. The maximum atomic E-state index is 5.82. The van der Waals surface area contributed by atoms with Gasteiger partial charge in [0.1, 0.15) is 5.82 Å². The average Bonchev–Trinajstić information content (AvgIpc) is 2.78. The first-order valence-corrected chi connectivity index (χ1v) is 8.23. The molecule has 0 radical (unpaired) electrons. The Morgan fingerprint density at radius 2 is 1.90 bits per heavy atom. The van der Waals surface area contributed by atoms with E-state index in [9.17, 15) is 0 Å². The van der Waals surface area contributed by atoms with E-state index in [0.29, 0.717) is 17.5 Å². The molecule has 2 aromatic rings. The third-order valence-corrected chi connectivity index (χ3v) is 4.81. The van der Waals surface area contributed by atoms with Crippen molar-refractivity contribution in [3.8, 4) is 0 Å². The molecule has 1 aromatic carbocycles. The van der Waals surface area contributed by atoms with Crippen molar-refractivity contribution in [1.82, 2.24) is 9.55 Å². The molecule has 0 saturated heterocycles. The van der Waals surface area contributed by atoms with Crippen molar-refractivity contribution in [3.63, 3.8) is 0 Å². The highest BCUT2D eigenvalue weighted by molar-refractivity contribution is 7.80. The van der Waals surface area contributed by atoms with Crippen molar-refractivity contribution in [2.24, 2.45) is 5.73 Å². The standard InChI is InChI=1S/C17H23N3S/c1-11-8-14-15(9-12(11)2)20(10-16(18)21)17(19-14)13-6-4-3-5-7-13/h8-9,13H,3-7,10H2,1-2H3,(H2,18,21). The normalized spacial score (nSPS) is 16.5. The van der Waals surface area contributed by atoms with Gasteiger partial charge in [0.2, 0.25) is 0 Å². The van der Waals surface area contributed by atoms with Crippen LogP contribution in [0.2, 0.25) is 0 Å². The number of aromatic nitrogens is 2. The third kappa shape index (κ3) is 2.82. The highest BCUT2D eigenvalue weighted by atomic mass is 32.1. The van der Waals surface area contributed by atoms with E-state index in [1.807, 2.05) is 0 Å². The fourth-order valence-corrected chi connectivity index (χ4v) is 3.52. The molecule has 1 fully saturated rings. The summed E-state index contributed by atoms with van der Waals surface area (Å²) >= 11 is 5.16. The van der Waals surface area contributed by atoms with Gasteiger partial charge in [-0.15, -0.1) is 0 Å². The van der Waals surface area contributed by atoms with Crippen LogP contribution in [-0.4, -0.2) is 14.5 Å². The van der Waals surface area contributed by atoms with Gasteiger partial charge in [-0.2, -0.15) is 0 Å². The molecule has 4 heteroatoms. The second-order valence-electron chi connectivity index (χ2n) is 6.28. The first kappa shape index (κ1) is 14.5. The van der Waals surface area contributed by atoms with Crippen molar-refractivity contribution in [1.29, 1.82) is 0 Å². The molecule has 0 bridgehead atoms. The predicted octanol–water partition coefficient (Wildman–Crippen LogP) is 3.99.